The average molecular weight is 383 g/mol. The highest BCUT2D eigenvalue weighted by molar-refractivity contribution is 5.80. The van der Waals surface area contributed by atoms with Crippen LogP contribution in [-0.2, 0) is 0 Å². The second-order valence-corrected chi connectivity index (χ2v) is 6.41. The number of hydrogen-bond donors (Lipinski definition) is 0. The van der Waals surface area contributed by atoms with Gasteiger partial charge in [0.2, 0.25) is 0 Å². The van der Waals surface area contributed by atoms with Gasteiger partial charge in [0.25, 0.3) is 0 Å². The summed E-state index contributed by atoms with van der Waals surface area (Å²) in [4.78, 5) is 19.3. The Kier molecular flexibility index (Phi) is 14.7. The van der Waals surface area contributed by atoms with Gasteiger partial charge in [-0.1, -0.05) is 0 Å². The third-order valence-electron chi connectivity index (χ3n) is 5.01. The molecule has 0 atom stereocenters. The van der Waals surface area contributed by atoms with Gasteiger partial charge in [0.15, 0.2) is 11.9 Å². The highest BCUT2D eigenvalue weighted by Crippen LogP contribution is 2.03. The predicted octanol–water partition coefficient (Wildman–Crippen LogP) is 3.46. The van der Waals surface area contributed by atoms with Crippen molar-refractivity contribution >= 4 is 11.9 Å². The van der Waals surface area contributed by atoms with Gasteiger partial charge >= 0.3 is 0 Å². The van der Waals surface area contributed by atoms with Gasteiger partial charge in [-0.2, -0.15) is 0 Å². The second-order valence-electron chi connectivity index (χ2n) is 6.41. The largest absolute Gasteiger partial charge is 0.343 e. The maximum atomic E-state index is 4.95. The van der Waals surface area contributed by atoms with Gasteiger partial charge in [-0.05, 0) is 61.8 Å². The zero-order valence-corrected chi connectivity index (χ0v) is 19.5. The van der Waals surface area contributed by atoms with Crippen LogP contribution in [0.4, 0.5) is 0 Å². The summed E-state index contributed by atoms with van der Waals surface area (Å²) in [6.45, 7) is 27.3. The topological polar surface area (TPSA) is 37.7 Å². The molecule has 6 heteroatoms. The van der Waals surface area contributed by atoms with E-state index < -0.39 is 0 Å². The molecule has 27 heavy (non-hydrogen) atoms. The molecule has 0 aromatic carbocycles. The van der Waals surface area contributed by atoms with Crippen molar-refractivity contribution in [2.75, 3.05) is 65.4 Å². The van der Waals surface area contributed by atoms with Gasteiger partial charge in [-0.25, -0.2) is 0 Å². The highest BCUT2D eigenvalue weighted by Gasteiger charge is 2.14. The number of aliphatic imine (C=N–C) groups is 2. The minimum Gasteiger partial charge on any atom is -0.343 e. The fourth-order valence-corrected chi connectivity index (χ4v) is 3.25. The highest BCUT2D eigenvalue weighted by atomic mass is 15.4. The molecular weight excluding hydrogens is 336 g/mol. The summed E-state index contributed by atoms with van der Waals surface area (Å²) in [5, 5.41) is 0. The van der Waals surface area contributed by atoms with E-state index in [0.29, 0.717) is 0 Å². The number of rotatable bonds is 12. The average Bonchev–Trinajstić information content (AvgIpc) is 2.70. The summed E-state index contributed by atoms with van der Waals surface area (Å²) < 4.78 is 0. The summed E-state index contributed by atoms with van der Waals surface area (Å²) in [6.07, 6.45) is 0.984. The lowest BCUT2D eigenvalue weighted by molar-refractivity contribution is 0.347. The standard InChI is InChI=1S/C21H46N6/c1-9-24(10-2)20(25(11-3)12-4)22-18-17-19-23-21(26(13-5)14-6)27(15-7)16-8/h9-19H2,1-8H3. The molecule has 6 nitrogen and oxygen atoms in total. The van der Waals surface area contributed by atoms with Crippen LogP contribution in [0.3, 0.4) is 0 Å². The Labute approximate surface area is 169 Å². The molecule has 0 N–H and O–H groups in total. The van der Waals surface area contributed by atoms with Crippen molar-refractivity contribution in [2.24, 2.45) is 9.98 Å². The van der Waals surface area contributed by atoms with Gasteiger partial charge in [-0.15, -0.1) is 0 Å². The first-order valence-corrected chi connectivity index (χ1v) is 11.2. The third kappa shape index (κ3) is 8.39. The van der Waals surface area contributed by atoms with E-state index in [0.717, 1.165) is 83.8 Å². The lowest BCUT2D eigenvalue weighted by Crippen LogP contribution is -2.44. The number of guanidine groups is 2. The molecule has 0 aliphatic rings. The maximum Gasteiger partial charge on any atom is 0.196 e. The molecule has 0 amide bonds. The monoisotopic (exact) mass is 382 g/mol. The summed E-state index contributed by atoms with van der Waals surface area (Å²) in [6, 6.07) is 0. The summed E-state index contributed by atoms with van der Waals surface area (Å²) in [7, 11) is 0. The zero-order chi connectivity index (χ0) is 20.7. The van der Waals surface area contributed by atoms with Crippen molar-refractivity contribution in [3.05, 3.63) is 0 Å². The van der Waals surface area contributed by atoms with Crippen LogP contribution in [0.15, 0.2) is 9.98 Å². The van der Waals surface area contributed by atoms with Crippen molar-refractivity contribution in [1.82, 2.24) is 19.6 Å². The smallest absolute Gasteiger partial charge is 0.196 e. The Bertz CT molecular complexity index is 339. The Morgan fingerprint density at radius 3 is 0.852 bits per heavy atom. The molecule has 0 radical (unpaired) electrons. The van der Waals surface area contributed by atoms with Gasteiger partial charge in [0.05, 0.1) is 0 Å². The van der Waals surface area contributed by atoms with Crippen LogP contribution in [0, 0.1) is 0 Å². The summed E-state index contributed by atoms with van der Waals surface area (Å²) in [5.41, 5.74) is 0. The Morgan fingerprint density at radius 2 is 0.667 bits per heavy atom. The molecule has 0 saturated carbocycles. The molecule has 0 unspecified atom stereocenters. The fourth-order valence-electron chi connectivity index (χ4n) is 3.25. The van der Waals surface area contributed by atoms with Crippen LogP contribution in [0.2, 0.25) is 0 Å². The molecule has 0 heterocycles. The van der Waals surface area contributed by atoms with Crippen molar-refractivity contribution < 1.29 is 0 Å². The molecule has 0 saturated heterocycles. The second kappa shape index (κ2) is 15.6. The van der Waals surface area contributed by atoms with E-state index >= 15 is 0 Å². The molecule has 0 aliphatic heterocycles. The molecule has 0 aromatic heterocycles. The number of hydrogen-bond acceptors (Lipinski definition) is 2. The molecule has 0 spiro atoms. The fraction of sp³-hybridized carbons (Fsp3) is 0.905. The van der Waals surface area contributed by atoms with E-state index in [2.05, 4.69) is 75.0 Å². The zero-order valence-electron chi connectivity index (χ0n) is 19.5. The molecular formula is C21H46N6. The number of nitrogens with zero attached hydrogens (tertiary/aromatic N) is 6. The Morgan fingerprint density at radius 1 is 0.444 bits per heavy atom. The van der Waals surface area contributed by atoms with Crippen molar-refractivity contribution in [3.8, 4) is 0 Å². The van der Waals surface area contributed by atoms with Crippen LogP contribution >= 0.6 is 0 Å². The van der Waals surface area contributed by atoms with Crippen molar-refractivity contribution in [3.63, 3.8) is 0 Å². The van der Waals surface area contributed by atoms with Crippen molar-refractivity contribution in [2.45, 2.75) is 61.8 Å². The first-order chi connectivity index (χ1) is 13.1. The van der Waals surface area contributed by atoms with Gasteiger partial charge in [0, 0.05) is 65.4 Å². The molecule has 160 valence electrons. The van der Waals surface area contributed by atoms with Crippen LogP contribution < -0.4 is 0 Å². The Balaban J connectivity index is 5.08. The van der Waals surface area contributed by atoms with Gasteiger partial charge < -0.3 is 19.6 Å². The normalized spacial score (nSPS) is 10.4. The minimum absolute atomic E-state index is 0.829. The lowest BCUT2D eigenvalue weighted by Gasteiger charge is -2.32. The van der Waals surface area contributed by atoms with Crippen LogP contribution in [-0.4, -0.2) is 97.0 Å². The quantitative estimate of drug-likeness (QED) is 0.294. The van der Waals surface area contributed by atoms with E-state index in [1.807, 2.05) is 0 Å². The first kappa shape index (κ1) is 25.5. The molecule has 0 fully saturated rings. The molecule has 0 rings (SSSR count). The van der Waals surface area contributed by atoms with Gasteiger partial charge in [-0.3, -0.25) is 9.98 Å². The van der Waals surface area contributed by atoms with E-state index in [9.17, 15) is 0 Å². The van der Waals surface area contributed by atoms with Crippen LogP contribution in [0.1, 0.15) is 61.8 Å². The molecule has 0 bridgehead atoms. The molecule has 0 aliphatic carbocycles. The lowest BCUT2D eigenvalue weighted by atomic mass is 10.4. The Hall–Kier alpha value is -1.46. The molecule has 0 aromatic rings. The third-order valence-corrected chi connectivity index (χ3v) is 5.01. The van der Waals surface area contributed by atoms with Crippen LogP contribution in [0.25, 0.3) is 0 Å². The summed E-state index contributed by atoms with van der Waals surface area (Å²) in [5.74, 6) is 2.28. The van der Waals surface area contributed by atoms with E-state index in [-0.39, 0.29) is 0 Å². The first-order valence-electron chi connectivity index (χ1n) is 11.2. The van der Waals surface area contributed by atoms with E-state index in [1.165, 1.54) is 0 Å². The van der Waals surface area contributed by atoms with Crippen LogP contribution in [0.5, 0.6) is 0 Å². The maximum absolute atomic E-state index is 4.95. The van der Waals surface area contributed by atoms with E-state index in [4.69, 9.17) is 9.98 Å². The van der Waals surface area contributed by atoms with Gasteiger partial charge in [0.1, 0.15) is 0 Å². The minimum atomic E-state index is 0.829. The van der Waals surface area contributed by atoms with E-state index in [1.54, 1.807) is 0 Å². The predicted molar refractivity (Wildman–Crippen MR) is 121 cm³/mol. The SMILES string of the molecule is CCN(CC)C(=NCCCN=C(N(CC)CC)N(CC)CC)N(CC)CC. The summed E-state index contributed by atoms with van der Waals surface area (Å²) >= 11 is 0. The van der Waals surface area contributed by atoms with Crippen molar-refractivity contribution in [1.29, 1.82) is 0 Å².